The number of aliphatic carboxylic acids is 1. The highest BCUT2D eigenvalue weighted by Crippen LogP contribution is 2.17. The van der Waals surface area contributed by atoms with E-state index >= 15 is 0 Å². The molecule has 0 aromatic heterocycles. The van der Waals surface area contributed by atoms with Crippen molar-refractivity contribution < 1.29 is 14.6 Å². The van der Waals surface area contributed by atoms with E-state index < -0.39 is 5.97 Å². The summed E-state index contributed by atoms with van der Waals surface area (Å²) in [5.41, 5.74) is 0. The lowest BCUT2D eigenvalue weighted by molar-refractivity contribution is -0.138. The number of likely N-dealkylation sites (N-methyl/N-ethyl adjacent to an activating group) is 1. The molecule has 1 fully saturated rings. The average molecular weight is 173 g/mol. The largest absolute Gasteiger partial charge is 0.480 e. The quantitative estimate of drug-likeness (QED) is 0.661. The Morgan fingerprint density at radius 3 is 2.83 bits per heavy atom. The molecule has 1 aliphatic rings. The van der Waals surface area contributed by atoms with Crippen LogP contribution in [0.15, 0.2) is 0 Å². The first kappa shape index (κ1) is 9.48. The van der Waals surface area contributed by atoms with E-state index in [1.54, 1.807) is 0 Å². The maximum Gasteiger partial charge on any atom is 0.317 e. The van der Waals surface area contributed by atoms with Crippen molar-refractivity contribution in [3.8, 4) is 0 Å². The Hall–Kier alpha value is -0.610. The van der Waals surface area contributed by atoms with Gasteiger partial charge in [-0.15, -0.1) is 0 Å². The topological polar surface area (TPSA) is 49.8 Å². The molecule has 1 N–H and O–H groups in total. The molecule has 0 spiro atoms. The van der Waals surface area contributed by atoms with Gasteiger partial charge in [-0.1, -0.05) is 0 Å². The monoisotopic (exact) mass is 173 g/mol. The molecular weight excluding hydrogens is 158 g/mol. The molecule has 0 aromatic rings. The van der Waals surface area contributed by atoms with E-state index in [0.29, 0.717) is 0 Å². The molecule has 1 heterocycles. The van der Waals surface area contributed by atoms with Gasteiger partial charge in [-0.3, -0.25) is 9.69 Å². The highest BCUT2D eigenvalue weighted by Gasteiger charge is 2.28. The fourth-order valence-corrected chi connectivity index (χ4v) is 1.63. The Bertz CT molecular complexity index is 172. The van der Waals surface area contributed by atoms with E-state index in [2.05, 4.69) is 0 Å². The van der Waals surface area contributed by atoms with Gasteiger partial charge in [0.15, 0.2) is 0 Å². The summed E-state index contributed by atoms with van der Waals surface area (Å²) in [6.07, 6.45) is 1.10. The first-order chi connectivity index (χ1) is 5.61. The predicted octanol–water partition coefficient (Wildman–Crippen LogP) is 0.180. The van der Waals surface area contributed by atoms with Crippen LogP contribution >= 0.6 is 0 Å². The molecule has 4 nitrogen and oxygen atoms in total. The Morgan fingerprint density at radius 1 is 1.75 bits per heavy atom. The third-order valence-electron chi connectivity index (χ3n) is 2.29. The van der Waals surface area contributed by atoms with Gasteiger partial charge in [-0.25, -0.2) is 0 Å². The minimum atomic E-state index is -0.781. The Labute approximate surface area is 72.1 Å². The van der Waals surface area contributed by atoms with Gasteiger partial charge in [0.2, 0.25) is 0 Å². The summed E-state index contributed by atoms with van der Waals surface area (Å²) < 4.78 is 5.33. The molecule has 0 saturated carbocycles. The molecule has 0 bridgehead atoms. The van der Waals surface area contributed by atoms with E-state index in [1.165, 1.54) is 0 Å². The van der Waals surface area contributed by atoms with Crippen LogP contribution in [-0.2, 0) is 9.53 Å². The lowest BCUT2D eigenvalue weighted by Gasteiger charge is -2.24. The van der Waals surface area contributed by atoms with Crippen LogP contribution in [0.4, 0.5) is 0 Å². The summed E-state index contributed by atoms with van der Waals surface area (Å²) in [5.74, 6) is -0.781. The molecular formula is C8H15NO3. The van der Waals surface area contributed by atoms with Crippen LogP contribution in [0.3, 0.4) is 0 Å². The van der Waals surface area contributed by atoms with E-state index in [0.717, 1.165) is 13.0 Å². The fraction of sp³-hybridized carbons (Fsp3) is 0.875. The van der Waals surface area contributed by atoms with Crippen LogP contribution < -0.4 is 0 Å². The maximum absolute atomic E-state index is 10.4. The van der Waals surface area contributed by atoms with Crippen molar-refractivity contribution in [3.63, 3.8) is 0 Å². The van der Waals surface area contributed by atoms with Gasteiger partial charge in [0.1, 0.15) is 0 Å². The average Bonchev–Trinajstić information content (AvgIpc) is 2.33. The molecule has 70 valence electrons. The smallest absolute Gasteiger partial charge is 0.317 e. The number of carboxylic acid groups (broad SMARTS) is 1. The molecule has 0 aliphatic carbocycles. The van der Waals surface area contributed by atoms with Gasteiger partial charge in [-0.2, -0.15) is 0 Å². The molecule has 0 amide bonds. The van der Waals surface area contributed by atoms with Crippen molar-refractivity contribution in [2.45, 2.75) is 25.5 Å². The van der Waals surface area contributed by atoms with Crippen LogP contribution in [-0.4, -0.2) is 48.3 Å². The second-order valence-corrected chi connectivity index (χ2v) is 3.24. The van der Waals surface area contributed by atoms with Crippen molar-refractivity contribution in [2.75, 3.05) is 20.2 Å². The first-order valence-electron chi connectivity index (χ1n) is 4.15. The Kier molecular flexibility index (Phi) is 3.05. The summed E-state index contributed by atoms with van der Waals surface area (Å²) in [6.45, 7) is 2.82. The molecule has 12 heavy (non-hydrogen) atoms. The van der Waals surface area contributed by atoms with Gasteiger partial charge in [0, 0.05) is 12.6 Å². The minimum absolute atomic E-state index is 0.0956. The zero-order chi connectivity index (χ0) is 9.14. The third kappa shape index (κ3) is 2.19. The second-order valence-electron chi connectivity index (χ2n) is 3.24. The van der Waals surface area contributed by atoms with E-state index in [4.69, 9.17) is 9.84 Å². The number of nitrogens with zero attached hydrogens (tertiary/aromatic N) is 1. The van der Waals surface area contributed by atoms with E-state index in [9.17, 15) is 4.79 Å². The molecule has 1 aliphatic heterocycles. The molecule has 0 radical (unpaired) electrons. The zero-order valence-corrected chi connectivity index (χ0v) is 7.49. The predicted molar refractivity (Wildman–Crippen MR) is 44.1 cm³/mol. The Morgan fingerprint density at radius 2 is 2.42 bits per heavy atom. The summed E-state index contributed by atoms with van der Waals surface area (Å²) in [6, 6.07) is 0.265. The third-order valence-corrected chi connectivity index (χ3v) is 2.29. The standard InChI is InChI=1S/C8H15NO3/c1-6-7(3-4-12-6)9(2)5-8(10)11/h6-7H,3-5H2,1-2H3,(H,10,11). The summed E-state index contributed by atoms with van der Waals surface area (Å²) in [5, 5.41) is 8.55. The van der Waals surface area contributed by atoms with Crippen LogP contribution in [0.2, 0.25) is 0 Å². The zero-order valence-electron chi connectivity index (χ0n) is 7.49. The van der Waals surface area contributed by atoms with Crippen molar-refractivity contribution in [1.82, 2.24) is 4.90 Å². The molecule has 1 saturated heterocycles. The van der Waals surface area contributed by atoms with Crippen LogP contribution in [0.1, 0.15) is 13.3 Å². The lowest BCUT2D eigenvalue weighted by Crippen LogP contribution is -2.39. The van der Waals surface area contributed by atoms with Crippen LogP contribution in [0, 0.1) is 0 Å². The second kappa shape index (κ2) is 3.87. The minimum Gasteiger partial charge on any atom is -0.480 e. The lowest BCUT2D eigenvalue weighted by atomic mass is 10.1. The first-order valence-corrected chi connectivity index (χ1v) is 4.15. The number of hydrogen-bond donors (Lipinski definition) is 1. The summed E-state index contributed by atoms with van der Waals surface area (Å²) in [7, 11) is 1.82. The highest BCUT2D eigenvalue weighted by molar-refractivity contribution is 5.69. The molecule has 2 atom stereocenters. The Balaban J connectivity index is 2.40. The molecule has 2 unspecified atom stereocenters. The fourth-order valence-electron chi connectivity index (χ4n) is 1.63. The van der Waals surface area contributed by atoms with Crippen LogP contribution in [0.5, 0.6) is 0 Å². The van der Waals surface area contributed by atoms with Gasteiger partial charge < -0.3 is 9.84 Å². The van der Waals surface area contributed by atoms with E-state index in [-0.39, 0.29) is 18.7 Å². The molecule has 4 heteroatoms. The van der Waals surface area contributed by atoms with Gasteiger partial charge in [-0.05, 0) is 20.4 Å². The molecule has 1 rings (SSSR count). The van der Waals surface area contributed by atoms with Crippen molar-refractivity contribution in [2.24, 2.45) is 0 Å². The van der Waals surface area contributed by atoms with Gasteiger partial charge >= 0.3 is 5.97 Å². The van der Waals surface area contributed by atoms with E-state index in [1.807, 2.05) is 18.9 Å². The summed E-state index contributed by atoms with van der Waals surface area (Å²) in [4.78, 5) is 12.2. The molecule has 0 aromatic carbocycles. The number of ether oxygens (including phenoxy) is 1. The number of carbonyl (C=O) groups is 1. The number of hydrogen-bond acceptors (Lipinski definition) is 3. The van der Waals surface area contributed by atoms with Crippen molar-refractivity contribution in [3.05, 3.63) is 0 Å². The SMILES string of the molecule is CC1OCCC1N(C)CC(=O)O. The van der Waals surface area contributed by atoms with Crippen molar-refractivity contribution >= 4 is 5.97 Å². The van der Waals surface area contributed by atoms with Gasteiger partial charge in [0.25, 0.3) is 0 Å². The van der Waals surface area contributed by atoms with Gasteiger partial charge in [0.05, 0.1) is 12.6 Å². The normalized spacial score (nSPS) is 29.6. The summed E-state index contributed by atoms with van der Waals surface area (Å²) >= 11 is 0. The van der Waals surface area contributed by atoms with Crippen molar-refractivity contribution in [1.29, 1.82) is 0 Å². The maximum atomic E-state index is 10.4. The highest BCUT2D eigenvalue weighted by atomic mass is 16.5. The van der Waals surface area contributed by atoms with Crippen LogP contribution in [0.25, 0.3) is 0 Å². The number of rotatable bonds is 3. The number of carboxylic acids is 1.